The van der Waals surface area contributed by atoms with Gasteiger partial charge < -0.3 is 16.0 Å². The molecule has 0 saturated carbocycles. The van der Waals surface area contributed by atoms with Crippen molar-refractivity contribution >= 4 is 46.4 Å². The molecule has 0 aromatic heterocycles. The summed E-state index contributed by atoms with van der Waals surface area (Å²) in [7, 11) is 1.51. The normalized spacial score (nSPS) is 10.2. The van der Waals surface area contributed by atoms with Crippen LogP contribution in [0.5, 0.6) is 0 Å². The van der Waals surface area contributed by atoms with Crippen LogP contribution in [0.1, 0.15) is 10.4 Å². The summed E-state index contributed by atoms with van der Waals surface area (Å²) in [4.78, 5) is 23.4. The molecule has 2 aromatic carbocycles. The molecule has 0 radical (unpaired) electrons. The van der Waals surface area contributed by atoms with E-state index in [1.807, 2.05) is 0 Å². The van der Waals surface area contributed by atoms with E-state index in [0.29, 0.717) is 16.9 Å². The Balaban J connectivity index is 1.95. The number of carbonyl (C=O) groups excluding carboxylic acids is 2. The molecule has 0 spiro atoms. The molecule has 0 bridgehead atoms. The lowest BCUT2D eigenvalue weighted by Gasteiger charge is -2.10. The van der Waals surface area contributed by atoms with E-state index >= 15 is 0 Å². The third-order valence-electron chi connectivity index (χ3n) is 3.10. The van der Waals surface area contributed by atoms with Crippen LogP contribution in [0.2, 0.25) is 10.0 Å². The Bertz CT molecular complexity index is 784. The quantitative estimate of drug-likeness (QED) is 0.754. The van der Waals surface area contributed by atoms with Gasteiger partial charge in [0.05, 0.1) is 22.2 Å². The molecule has 0 atom stereocenters. The summed E-state index contributed by atoms with van der Waals surface area (Å²) >= 11 is 11.7. The zero-order valence-electron chi connectivity index (χ0n) is 12.6. The Labute approximate surface area is 148 Å². The third-order valence-corrected chi connectivity index (χ3v) is 3.70. The van der Waals surface area contributed by atoms with Crippen LogP contribution in [-0.2, 0) is 4.79 Å². The number of hydrogen-bond donors (Lipinski definition) is 3. The van der Waals surface area contributed by atoms with Crippen LogP contribution in [0, 0.1) is 5.82 Å². The summed E-state index contributed by atoms with van der Waals surface area (Å²) in [5.74, 6) is -1.19. The van der Waals surface area contributed by atoms with Crippen molar-refractivity contribution in [3.8, 4) is 0 Å². The molecule has 8 heteroatoms. The molecule has 3 N–H and O–H groups in total. The lowest BCUT2D eigenvalue weighted by atomic mass is 10.2. The summed E-state index contributed by atoms with van der Waals surface area (Å²) in [5.41, 5.74) is 1.32. The second kappa shape index (κ2) is 7.99. The Morgan fingerprint density at radius 1 is 1.04 bits per heavy atom. The zero-order valence-corrected chi connectivity index (χ0v) is 14.1. The average molecular weight is 370 g/mol. The van der Waals surface area contributed by atoms with E-state index in [2.05, 4.69) is 16.0 Å². The predicted octanol–water partition coefficient (Wildman–Crippen LogP) is 3.54. The van der Waals surface area contributed by atoms with Crippen molar-refractivity contribution in [1.82, 2.24) is 5.32 Å². The Morgan fingerprint density at radius 2 is 1.71 bits per heavy atom. The van der Waals surface area contributed by atoms with Gasteiger partial charge in [0.2, 0.25) is 5.91 Å². The van der Waals surface area contributed by atoms with Gasteiger partial charge in [0.25, 0.3) is 5.91 Å². The second-order valence-electron chi connectivity index (χ2n) is 4.80. The number of anilines is 2. The predicted molar refractivity (Wildman–Crippen MR) is 93.4 cm³/mol. The highest BCUT2D eigenvalue weighted by Gasteiger charge is 2.10. The van der Waals surface area contributed by atoms with Gasteiger partial charge in [0, 0.05) is 18.4 Å². The highest BCUT2D eigenvalue weighted by Crippen LogP contribution is 2.21. The molecular formula is C16H14Cl2FN3O2. The van der Waals surface area contributed by atoms with Crippen molar-refractivity contribution in [1.29, 1.82) is 0 Å². The van der Waals surface area contributed by atoms with Crippen molar-refractivity contribution < 1.29 is 14.0 Å². The Morgan fingerprint density at radius 3 is 2.33 bits per heavy atom. The summed E-state index contributed by atoms with van der Waals surface area (Å²) in [6, 6.07) is 8.65. The van der Waals surface area contributed by atoms with E-state index in [1.54, 1.807) is 18.2 Å². The van der Waals surface area contributed by atoms with E-state index in [4.69, 9.17) is 23.2 Å². The molecule has 0 aliphatic heterocycles. The van der Waals surface area contributed by atoms with Gasteiger partial charge in [-0.15, -0.1) is 0 Å². The largest absolute Gasteiger partial charge is 0.376 e. The summed E-state index contributed by atoms with van der Waals surface area (Å²) in [6.45, 7) is -0.0371. The van der Waals surface area contributed by atoms with E-state index < -0.39 is 5.82 Å². The first kappa shape index (κ1) is 18.0. The number of hydrogen-bond acceptors (Lipinski definition) is 3. The van der Waals surface area contributed by atoms with Crippen molar-refractivity contribution in [3.63, 3.8) is 0 Å². The van der Waals surface area contributed by atoms with Gasteiger partial charge >= 0.3 is 0 Å². The molecule has 0 heterocycles. The molecule has 2 rings (SSSR count). The standard InChI is InChI=1S/C16H14Cl2FN3O2/c1-20-16(24)11-4-2-9(6-12(11)17)21-8-15(23)22-10-3-5-14(19)13(18)7-10/h2-7,21H,8H2,1H3,(H,20,24)(H,22,23). The number of rotatable bonds is 5. The van der Waals surface area contributed by atoms with Crippen LogP contribution in [0.15, 0.2) is 36.4 Å². The van der Waals surface area contributed by atoms with E-state index in [1.165, 1.54) is 25.2 Å². The SMILES string of the molecule is CNC(=O)c1ccc(NCC(=O)Nc2ccc(F)c(Cl)c2)cc1Cl. The minimum Gasteiger partial charge on any atom is -0.376 e. The topological polar surface area (TPSA) is 70.2 Å². The van der Waals surface area contributed by atoms with Crippen LogP contribution >= 0.6 is 23.2 Å². The van der Waals surface area contributed by atoms with Crippen molar-refractivity contribution in [2.24, 2.45) is 0 Å². The number of halogens is 3. The zero-order chi connectivity index (χ0) is 17.7. The van der Waals surface area contributed by atoms with Crippen LogP contribution < -0.4 is 16.0 Å². The first-order valence-corrected chi connectivity index (χ1v) is 7.66. The van der Waals surface area contributed by atoms with Gasteiger partial charge in [-0.3, -0.25) is 9.59 Å². The number of benzene rings is 2. The Kier molecular flexibility index (Phi) is 6.00. The van der Waals surface area contributed by atoms with Gasteiger partial charge in [-0.2, -0.15) is 0 Å². The van der Waals surface area contributed by atoms with Gasteiger partial charge in [0.1, 0.15) is 5.82 Å². The van der Waals surface area contributed by atoms with Crippen molar-refractivity contribution in [2.45, 2.75) is 0 Å². The fourth-order valence-electron chi connectivity index (χ4n) is 1.91. The molecule has 2 aromatic rings. The van der Waals surface area contributed by atoms with Crippen LogP contribution in [0.25, 0.3) is 0 Å². The summed E-state index contributed by atoms with van der Waals surface area (Å²) in [6.07, 6.45) is 0. The third kappa shape index (κ3) is 4.59. The van der Waals surface area contributed by atoms with E-state index in [9.17, 15) is 14.0 Å². The van der Waals surface area contributed by atoms with Crippen LogP contribution in [0.3, 0.4) is 0 Å². The lowest BCUT2D eigenvalue weighted by Crippen LogP contribution is -2.22. The summed E-state index contributed by atoms with van der Waals surface area (Å²) < 4.78 is 13.1. The molecule has 0 saturated heterocycles. The minimum atomic E-state index is -0.557. The lowest BCUT2D eigenvalue weighted by molar-refractivity contribution is -0.114. The highest BCUT2D eigenvalue weighted by molar-refractivity contribution is 6.34. The number of carbonyl (C=O) groups is 2. The molecule has 0 unspecified atom stereocenters. The highest BCUT2D eigenvalue weighted by atomic mass is 35.5. The fraction of sp³-hybridized carbons (Fsp3) is 0.125. The van der Waals surface area contributed by atoms with Gasteiger partial charge in [-0.1, -0.05) is 23.2 Å². The van der Waals surface area contributed by atoms with Crippen LogP contribution in [-0.4, -0.2) is 25.4 Å². The molecule has 0 aliphatic carbocycles. The molecule has 24 heavy (non-hydrogen) atoms. The monoisotopic (exact) mass is 369 g/mol. The van der Waals surface area contributed by atoms with E-state index in [0.717, 1.165) is 0 Å². The van der Waals surface area contributed by atoms with Crippen molar-refractivity contribution in [3.05, 3.63) is 57.8 Å². The minimum absolute atomic E-state index is 0.0371. The summed E-state index contributed by atoms with van der Waals surface area (Å²) in [5, 5.41) is 8.14. The maximum Gasteiger partial charge on any atom is 0.252 e. The molecule has 0 aliphatic rings. The van der Waals surface area contributed by atoms with Gasteiger partial charge in [0.15, 0.2) is 0 Å². The molecule has 2 amide bonds. The first-order valence-electron chi connectivity index (χ1n) is 6.91. The average Bonchev–Trinajstić information content (AvgIpc) is 2.56. The molecular weight excluding hydrogens is 356 g/mol. The number of nitrogens with one attached hydrogen (secondary N) is 3. The Hall–Kier alpha value is -2.31. The van der Waals surface area contributed by atoms with Crippen molar-refractivity contribution in [2.75, 3.05) is 24.2 Å². The van der Waals surface area contributed by atoms with Crippen LogP contribution in [0.4, 0.5) is 15.8 Å². The molecule has 0 fully saturated rings. The maximum absolute atomic E-state index is 13.1. The fourth-order valence-corrected chi connectivity index (χ4v) is 2.35. The molecule has 126 valence electrons. The smallest absolute Gasteiger partial charge is 0.252 e. The molecule has 5 nitrogen and oxygen atoms in total. The maximum atomic E-state index is 13.1. The van der Waals surface area contributed by atoms with Gasteiger partial charge in [-0.25, -0.2) is 4.39 Å². The van der Waals surface area contributed by atoms with Gasteiger partial charge in [-0.05, 0) is 36.4 Å². The second-order valence-corrected chi connectivity index (χ2v) is 5.62. The first-order chi connectivity index (χ1) is 11.4. The van der Waals surface area contributed by atoms with E-state index in [-0.39, 0.29) is 28.4 Å². The number of amides is 2.